The Hall–Kier alpha value is -4.05. The third kappa shape index (κ3) is 4.40. The molecule has 2 amide bonds. The van der Waals surface area contributed by atoms with Crippen LogP contribution in [0.15, 0.2) is 42.5 Å². The summed E-state index contributed by atoms with van der Waals surface area (Å²) in [6.45, 7) is 0.247. The van der Waals surface area contributed by atoms with Gasteiger partial charge in [-0.05, 0) is 29.8 Å². The molecule has 10 nitrogen and oxygen atoms in total. The number of methoxy groups -OCH3 is 4. The third-order valence-corrected chi connectivity index (χ3v) is 5.54. The molecule has 34 heavy (non-hydrogen) atoms. The summed E-state index contributed by atoms with van der Waals surface area (Å²) in [4.78, 5) is 25.7. The van der Waals surface area contributed by atoms with E-state index in [4.69, 9.17) is 18.9 Å². The summed E-state index contributed by atoms with van der Waals surface area (Å²) in [5, 5.41) is 10.3. The van der Waals surface area contributed by atoms with Crippen molar-refractivity contribution in [1.82, 2.24) is 9.78 Å². The quantitative estimate of drug-likeness (QED) is 0.498. The van der Waals surface area contributed by atoms with Crippen molar-refractivity contribution in [2.24, 2.45) is 0 Å². The lowest BCUT2D eigenvalue weighted by molar-refractivity contribution is -0.123. The van der Waals surface area contributed by atoms with E-state index in [1.165, 1.54) is 14.2 Å². The average Bonchev–Trinajstić information content (AvgIpc) is 3.33. The zero-order chi connectivity index (χ0) is 24.2. The van der Waals surface area contributed by atoms with Gasteiger partial charge in [0.1, 0.15) is 29.1 Å². The van der Waals surface area contributed by atoms with Crippen LogP contribution < -0.4 is 24.8 Å². The number of ether oxygens (including phenoxy) is 4. The van der Waals surface area contributed by atoms with E-state index in [9.17, 15) is 9.59 Å². The van der Waals surface area contributed by atoms with Gasteiger partial charge in [0.05, 0.1) is 45.7 Å². The average molecular weight is 466 g/mol. The lowest BCUT2D eigenvalue weighted by atomic mass is 10.1. The molecule has 0 saturated heterocycles. The van der Waals surface area contributed by atoms with Crippen LogP contribution in [-0.4, -0.2) is 50.0 Å². The number of benzene rings is 2. The molecular formula is C24H26N4O6. The fourth-order valence-electron chi connectivity index (χ4n) is 3.90. The van der Waals surface area contributed by atoms with E-state index >= 15 is 0 Å². The number of nitrogens with zero attached hydrogens (tertiary/aromatic N) is 2. The summed E-state index contributed by atoms with van der Waals surface area (Å²) >= 11 is 0. The molecule has 2 N–H and O–H groups in total. The van der Waals surface area contributed by atoms with E-state index in [-0.39, 0.29) is 24.8 Å². The van der Waals surface area contributed by atoms with Gasteiger partial charge in [-0.1, -0.05) is 12.1 Å². The van der Waals surface area contributed by atoms with Crippen LogP contribution in [0.3, 0.4) is 0 Å². The van der Waals surface area contributed by atoms with Crippen LogP contribution in [0.5, 0.6) is 17.2 Å². The first-order valence-electron chi connectivity index (χ1n) is 10.6. The Labute approximate surface area is 196 Å². The second-order valence-electron chi connectivity index (χ2n) is 7.60. The number of nitrogens with one attached hydrogen (secondary N) is 2. The van der Waals surface area contributed by atoms with Crippen molar-refractivity contribution < 1.29 is 28.5 Å². The molecule has 1 aliphatic rings. The normalized spacial score (nSPS) is 14.4. The maximum atomic E-state index is 12.9. The summed E-state index contributed by atoms with van der Waals surface area (Å²) in [7, 11) is 6.22. The number of fused-ring (bicyclic) bond motifs is 1. The van der Waals surface area contributed by atoms with Gasteiger partial charge in [-0.25, -0.2) is 4.68 Å². The Balaban J connectivity index is 1.61. The van der Waals surface area contributed by atoms with Gasteiger partial charge in [0.15, 0.2) is 0 Å². The molecule has 0 fully saturated rings. The van der Waals surface area contributed by atoms with Crippen molar-refractivity contribution in [3.8, 4) is 28.4 Å². The molecule has 10 heteroatoms. The molecule has 0 spiro atoms. The Morgan fingerprint density at radius 1 is 1.03 bits per heavy atom. The molecule has 0 aliphatic carbocycles. The first-order chi connectivity index (χ1) is 16.5. The van der Waals surface area contributed by atoms with Crippen molar-refractivity contribution >= 4 is 23.3 Å². The number of amides is 2. The molecule has 4 rings (SSSR count). The largest absolute Gasteiger partial charge is 0.497 e. The number of anilines is 2. The number of carbonyl (C=O) groups excluding carboxylic acids is 2. The number of aromatic nitrogens is 2. The Kier molecular flexibility index (Phi) is 6.69. The van der Waals surface area contributed by atoms with Crippen LogP contribution >= 0.6 is 0 Å². The number of rotatable bonds is 9. The van der Waals surface area contributed by atoms with Crippen LogP contribution in [0.25, 0.3) is 11.1 Å². The van der Waals surface area contributed by atoms with E-state index < -0.39 is 6.04 Å². The Morgan fingerprint density at radius 2 is 1.74 bits per heavy atom. The fraction of sp³-hybridized carbons (Fsp3) is 0.292. The molecule has 1 unspecified atom stereocenters. The van der Waals surface area contributed by atoms with Gasteiger partial charge in [-0.3, -0.25) is 9.59 Å². The van der Waals surface area contributed by atoms with Crippen LogP contribution in [0.4, 0.5) is 11.5 Å². The molecule has 0 radical (unpaired) electrons. The first kappa shape index (κ1) is 23.1. The minimum atomic E-state index is -0.811. The highest BCUT2D eigenvalue weighted by atomic mass is 16.5. The second-order valence-corrected chi connectivity index (χ2v) is 7.60. The predicted octanol–water partition coefficient (Wildman–Crippen LogP) is 3.24. The van der Waals surface area contributed by atoms with Crippen LogP contribution in [0, 0.1) is 0 Å². The maximum Gasteiger partial charge on any atom is 0.251 e. The number of carbonyl (C=O) groups is 2. The van der Waals surface area contributed by atoms with Crippen molar-refractivity contribution in [1.29, 1.82) is 0 Å². The highest BCUT2D eigenvalue weighted by Gasteiger charge is 2.37. The van der Waals surface area contributed by atoms with Gasteiger partial charge >= 0.3 is 0 Å². The van der Waals surface area contributed by atoms with Gasteiger partial charge in [0.25, 0.3) is 5.91 Å². The number of hydrogen-bond donors (Lipinski definition) is 2. The molecule has 0 saturated carbocycles. The zero-order valence-corrected chi connectivity index (χ0v) is 19.4. The molecule has 1 atom stereocenters. The summed E-state index contributed by atoms with van der Waals surface area (Å²) < 4.78 is 22.7. The molecular weight excluding hydrogens is 440 g/mol. The maximum absolute atomic E-state index is 12.9. The zero-order valence-electron chi connectivity index (χ0n) is 19.4. The SMILES string of the molecule is COCc1nn2c(c1-c1ccc(OC)cc1)NC(=O)C2CC(=O)Nc1cc(OC)ccc1OC. The van der Waals surface area contributed by atoms with Gasteiger partial charge in [-0.2, -0.15) is 5.10 Å². The molecule has 3 aromatic rings. The van der Waals surface area contributed by atoms with E-state index in [1.807, 2.05) is 24.3 Å². The topological polar surface area (TPSA) is 113 Å². The summed E-state index contributed by atoms with van der Waals surface area (Å²) in [6.07, 6.45) is -0.116. The minimum absolute atomic E-state index is 0.116. The van der Waals surface area contributed by atoms with Crippen molar-refractivity contribution in [2.75, 3.05) is 39.1 Å². The second kappa shape index (κ2) is 9.84. The smallest absolute Gasteiger partial charge is 0.251 e. The van der Waals surface area contributed by atoms with E-state index in [2.05, 4.69) is 15.7 Å². The highest BCUT2D eigenvalue weighted by Crippen LogP contribution is 2.39. The lowest BCUT2D eigenvalue weighted by Gasteiger charge is -2.13. The van der Waals surface area contributed by atoms with E-state index in [1.54, 1.807) is 37.1 Å². The fourth-order valence-corrected chi connectivity index (χ4v) is 3.90. The summed E-state index contributed by atoms with van der Waals surface area (Å²) in [5.74, 6) is 1.61. The van der Waals surface area contributed by atoms with Gasteiger partial charge in [0.2, 0.25) is 5.91 Å². The monoisotopic (exact) mass is 466 g/mol. The lowest BCUT2D eigenvalue weighted by Crippen LogP contribution is -2.24. The van der Waals surface area contributed by atoms with E-state index in [0.717, 1.165) is 11.1 Å². The molecule has 178 valence electrons. The van der Waals surface area contributed by atoms with Crippen molar-refractivity contribution in [3.63, 3.8) is 0 Å². The van der Waals surface area contributed by atoms with Crippen molar-refractivity contribution in [2.45, 2.75) is 19.1 Å². The van der Waals surface area contributed by atoms with Crippen LogP contribution in [-0.2, 0) is 20.9 Å². The molecule has 2 aromatic carbocycles. The van der Waals surface area contributed by atoms with Crippen LogP contribution in [0.2, 0.25) is 0 Å². The Bertz CT molecular complexity index is 1200. The highest BCUT2D eigenvalue weighted by molar-refractivity contribution is 6.04. The number of hydrogen-bond acceptors (Lipinski definition) is 7. The molecule has 0 bridgehead atoms. The third-order valence-electron chi connectivity index (χ3n) is 5.54. The van der Waals surface area contributed by atoms with E-state index in [0.29, 0.717) is 34.4 Å². The van der Waals surface area contributed by atoms with Crippen LogP contribution in [0.1, 0.15) is 18.2 Å². The van der Waals surface area contributed by atoms with Gasteiger partial charge < -0.3 is 29.6 Å². The minimum Gasteiger partial charge on any atom is -0.497 e. The standard InChI is InChI=1S/C24H26N4O6/c1-31-13-18-22(14-5-7-15(32-2)8-6-14)23-26-24(30)19(28(23)27-18)12-21(29)25-17-11-16(33-3)9-10-20(17)34-4/h5-11,19H,12-13H2,1-4H3,(H,25,29)(H,26,30). The summed E-state index contributed by atoms with van der Waals surface area (Å²) in [5.41, 5.74) is 2.70. The Morgan fingerprint density at radius 3 is 2.38 bits per heavy atom. The first-order valence-corrected chi connectivity index (χ1v) is 10.6. The van der Waals surface area contributed by atoms with Gasteiger partial charge in [0, 0.05) is 18.7 Å². The van der Waals surface area contributed by atoms with Crippen molar-refractivity contribution in [3.05, 3.63) is 48.2 Å². The molecule has 2 heterocycles. The molecule has 1 aliphatic heterocycles. The summed E-state index contributed by atoms with van der Waals surface area (Å²) in [6, 6.07) is 11.7. The molecule has 1 aromatic heterocycles. The predicted molar refractivity (Wildman–Crippen MR) is 125 cm³/mol. The van der Waals surface area contributed by atoms with Gasteiger partial charge in [-0.15, -0.1) is 0 Å².